The Balaban J connectivity index is 2.10. The van der Waals surface area contributed by atoms with Crippen molar-refractivity contribution in [2.45, 2.75) is 11.8 Å². The minimum Gasteiger partial charge on any atom is -0.322 e. The van der Waals surface area contributed by atoms with E-state index < -0.39 is 20.9 Å². The number of hydrogen-bond acceptors (Lipinski definition) is 5. The summed E-state index contributed by atoms with van der Waals surface area (Å²) in [6, 6.07) is 10.9. The first-order chi connectivity index (χ1) is 11.3. The maximum atomic E-state index is 12.1. The molecule has 0 heterocycles. The Morgan fingerprint density at radius 3 is 2.17 bits per heavy atom. The maximum Gasteiger partial charge on any atom is 0.269 e. The van der Waals surface area contributed by atoms with Gasteiger partial charge in [-0.15, -0.1) is 0 Å². The number of carbonyl (C=O) groups is 1. The Hall–Kier alpha value is -2.78. The third-order valence-corrected chi connectivity index (χ3v) is 4.66. The monoisotopic (exact) mass is 349 g/mol. The Bertz CT molecular complexity index is 846. The number of nitrogens with zero attached hydrogens (tertiary/aromatic N) is 1. The first kappa shape index (κ1) is 17.6. The number of benzene rings is 2. The van der Waals surface area contributed by atoms with Crippen LogP contribution in [-0.4, -0.2) is 25.8 Å². The summed E-state index contributed by atoms with van der Waals surface area (Å²) in [7, 11) is -3.55. The number of rotatable bonds is 6. The third-order valence-electron chi connectivity index (χ3n) is 3.10. The minimum atomic E-state index is -3.55. The largest absolute Gasteiger partial charge is 0.322 e. The average molecular weight is 349 g/mol. The van der Waals surface area contributed by atoms with Crippen molar-refractivity contribution in [3.05, 3.63) is 64.2 Å². The summed E-state index contributed by atoms with van der Waals surface area (Å²) in [4.78, 5) is 22.2. The molecule has 2 aromatic rings. The Morgan fingerprint density at radius 1 is 1.08 bits per heavy atom. The van der Waals surface area contributed by atoms with Crippen molar-refractivity contribution in [3.8, 4) is 0 Å². The highest BCUT2D eigenvalue weighted by Gasteiger charge is 2.13. The summed E-state index contributed by atoms with van der Waals surface area (Å²) < 4.78 is 26.0. The van der Waals surface area contributed by atoms with Crippen LogP contribution < -0.4 is 10.0 Å². The first-order valence-corrected chi connectivity index (χ1v) is 8.47. The highest BCUT2D eigenvalue weighted by Crippen LogP contribution is 2.16. The molecule has 2 aromatic carbocycles. The molecular formula is C15H15N3O5S. The first-order valence-electron chi connectivity index (χ1n) is 6.99. The molecule has 1 amide bonds. The number of nitrogens with one attached hydrogen (secondary N) is 2. The van der Waals surface area contributed by atoms with E-state index in [0.717, 1.165) is 0 Å². The van der Waals surface area contributed by atoms with Crippen LogP contribution in [-0.2, 0) is 10.0 Å². The second-order valence-electron chi connectivity index (χ2n) is 4.78. The van der Waals surface area contributed by atoms with Crippen LogP contribution in [0, 0.1) is 10.1 Å². The predicted octanol–water partition coefficient (Wildman–Crippen LogP) is 2.15. The minimum absolute atomic E-state index is 0.0951. The summed E-state index contributed by atoms with van der Waals surface area (Å²) in [5.41, 5.74) is 0.559. The van der Waals surface area contributed by atoms with Crippen LogP contribution in [0.25, 0.3) is 0 Å². The quantitative estimate of drug-likeness (QED) is 0.612. The van der Waals surface area contributed by atoms with Gasteiger partial charge in [-0.2, -0.15) is 0 Å². The molecule has 24 heavy (non-hydrogen) atoms. The molecule has 9 heteroatoms. The number of amides is 1. The second kappa shape index (κ2) is 7.20. The standard InChI is InChI=1S/C15H15N3O5S/c1-2-16-24(22,23)14-9-5-12(6-10-14)17-15(19)11-3-7-13(8-4-11)18(20)21/h3-10,16H,2H2,1H3,(H,17,19). The van der Waals surface area contributed by atoms with Gasteiger partial charge in [-0.1, -0.05) is 6.92 Å². The Labute approximate surface area is 138 Å². The lowest BCUT2D eigenvalue weighted by Gasteiger charge is -2.07. The number of non-ortho nitro benzene ring substituents is 1. The molecular weight excluding hydrogens is 334 g/mol. The summed E-state index contributed by atoms with van der Waals surface area (Å²) in [6.45, 7) is 1.96. The van der Waals surface area contributed by atoms with E-state index in [2.05, 4.69) is 10.0 Å². The van der Waals surface area contributed by atoms with Crippen molar-refractivity contribution in [2.75, 3.05) is 11.9 Å². The van der Waals surface area contributed by atoms with Gasteiger partial charge in [0.05, 0.1) is 9.82 Å². The number of nitro groups is 1. The predicted molar refractivity (Wildman–Crippen MR) is 88.4 cm³/mol. The van der Waals surface area contributed by atoms with Crippen molar-refractivity contribution in [1.29, 1.82) is 0 Å². The molecule has 0 aromatic heterocycles. The van der Waals surface area contributed by atoms with Crippen LogP contribution in [0.2, 0.25) is 0 Å². The summed E-state index contributed by atoms with van der Waals surface area (Å²) in [5.74, 6) is -0.452. The normalized spacial score (nSPS) is 11.0. The Morgan fingerprint density at radius 2 is 1.67 bits per heavy atom. The molecule has 0 fully saturated rings. The zero-order valence-corrected chi connectivity index (χ0v) is 13.5. The van der Waals surface area contributed by atoms with Gasteiger partial charge in [0.1, 0.15) is 0 Å². The molecule has 0 unspecified atom stereocenters. The Kier molecular flexibility index (Phi) is 5.27. The van der Waals surface area contributed by atoms with Crippen LogP contribution in [0.15, 0.2) is 53.4 Å². The van der Waals surface area contributed by atoms with Gasteiger partial charge in [-0.3, -0.25) is 14.9 Å². The molecule has 0 spiro atoms. The number of nitro benzene ring substituents is 1. The lowest BCUT2D eigenvalue weighted by Crippen LogP contribution is -2.23. The van der Waals surface area contributed by atoms with Crippen molar-refractivity contribution >= 4 is 27.3 Å². The van der Waals surface area contributed by atoms with Crippen LogP contribution in [0.3, 0.4) is 0 Å². The van der Waals surface area contributed by atoms with Crippen molar-refractivity contribution in [3.63, 3.8) is 0 Å². The number of carbonyl (C=O) groups excluding carboxylic acids is 1. The van der Waals surface area contributed by atoms with Gasteiger partial charge in [0.2, 0.25) is 10.0 Å². The lowest BCUT2D eigenvalue weighted by molar-refractivity contribution is -0.384. The summed E-state index contributed by atoms with van der Waals surface area (Å²) in [5, 5.41) is 13.2. The SMILES string of the molecule is CCNS(=O)(=O)c1ccc(NC(=O)c2ccc([N+](=O)[O-])cc2)cc1. The lowest BCUT2D eigenvalue weighted by atomic mass is 10.2. The van der Waals surface area contributed by atoms with Gasteiger partial charge in [0.25, 0.3) is 11.6 Å². The zero-order chi connectivity index (χ0) is 17.7. The van der Waals surface area contributed by atoms with Crippen LogP contribution in [0.1, 0.15) is 17.3 Å². The van der Waals surface area contributed by atoms with Gasteiger partial charge in [0.15, 0.2) is 0 Å². The summed E-state index contributed by atoms with van der Waals surface area (Å²) in [6.07, 6.45) is 0. The van der Waals surface area contributed by atoms with Gasteiger partial charge in [-0.05, 0) is 36.4 Å². The maximum absolute atomic E-state index is 12.1. The van der Waals surface area contributed by atoms with E-state index in [0.29, 0.717) is 5.69 Å². The number of anilines is 1. The van der Waals surface area contributed by atoms with E-state index in [4.69, 9.17) is 0 Å². The molecule has 0 saturated heterocycles. The highest BCUT2D eigenvalue weighted by molar-refractivity contribution is 7.89. The van der Waals surface area contributed by atoms with E-state index in [1.165, 1.54) is 48.5 Å². The van der Waals surface area contributed by atoms with E-state index in [9.17, 15) is 23.3 Å². The molecule has 126 valence electrons. The van der Waals surface area contributed by atoms with Crippen molar-refractivity contribution in [1.82, 2.24) is 4.72 Å². The second-order valence-corrected chi connectivity index (χ2v) is 6.55. The van der Waals surface area contributed by atoms with Crippen LogP contribution >= 0.6 is 0 Å². The van der Waals surface area contributed by atoms with Gasteiger partial charge >= 0.3 is 0 Å². The molecule has 2 rings (SSSR count). The van der Waals surface area contributed by atoms with E-state index in [1.54, 1.807) is 6.92 Å². The van der Waals surface area contributed by atoms with Gasteiger partial charge < -0.3 is 5.32 Å². The van der Waals surface area contributed by atoms with Crippen molar-refractivity contribution < 1.29 is 18.1 Å². The fourth-order valence-corrected chi connectivity index (χ4v) is 2.97. The molecule has 0 radical (unpaired) electrons. The molecule has 2 N–H and O–H groups in total. The summed E-state index contributed by atoms with van der Waals surface area (Å²) >= 11 is 0. The molecule has 0 atom stereocenters. The third kappa shape index (κ3) is 4.15. The van der Waals surface area contributed by atoms with Gasteiger partial charge in [-0.25, -0.2) is 13.1 Å². The van der Waals surface area contributed by atoms with Crippen LogP contribution in [0.4, 0.5) is 11.4 Å². The smallest absolute Gasteiger partial charge is 0.269 e. The molecule has 8 nitrogen and oxygen atoms in total. The fourth-order valence-electron chi connectivity index (χ4n) is 1.93. The number of sulfonamides is 1. The van der Waals surface area contributed by atoms with Crippen LogP contribution in [0.5, 0.6) is 0 Å². The topological polar surface area (TPSA) is 118 Å². The van der Waals surface area contributed by atoms with E-state index >= 15 is 0 Å². The van der Waals surface area contributed by atoms with Gasteiger partial charge in [0, 0.05) is 29.9 Å². The fraction of sp³-hybridized carbons (Fsp3) is 0.133. The molecule has 0 aliphatic carbocycles. The average Bonchev–Trinajstić information content (AvgIpc) is 2.55. The molecule has 0 aliphatic rings. The molecule has 0 aliphatic heterocycles. The van der Waals surface area contributed by atoms with Crippen molar-refractivity contribution in [2.24, 2.45) is 0 Å². The highest BCUT2D eigenvalue weighted by atomic mass is 32.2. The van der Waals surface area contributed by atoms with E-state index in [-0.39, 0.29) is 22.7 Å². The molecule has 0 bridgehead atoms. The number of hydrogen-bond donors (Lipinski definition) is 2. The van der Waals surface area contributed by atoms with E-state index in [1.807, 2.05) is 0 Å². The molecule has 0 saturated carbocycles. The zero-order valence-electron chi connectivity index (χ0n) is 12.7.